The number of imide groups is 1. The molecule has 4 rings (SSSR count). The second-order valence-electron chi connectivity index (χ2n) is 7.96. The molecule has 3 amide bonds. The van der Waals surface area contributed by atoms with Crippen LogP contribution < -0.4 is 0 Å². The molecule has 3 aliphatic heterocycles. The SMILES string of the molecule is CCN1CCN(CC2=[N+](Cc3ccccc3F)C3C(=O)N(C)C(=O)N(C)C3=N2)CC1. The van der Waals surface area contributed by atoms with Crippen LogP contribution in [0.2, 0.25) is 0 Å². The van der Waals surface area contributed by atoms with E-state index in [2.05, 4.69) is 16.7 Å². The Morgan fingerprint density at radius 3 is 2.40 bits per heavy atom. The van der Waals surface area contributed by atoms with Gasteiger partial charge < -0.3 is 4.90 Å². The summed E-state index contributed by atoms with van der Waals surface area (Å²) in [5.74, 6) is 0.468. The highest BCUT2D eigenvalue weighted by atomic mass is 19.1. The van der Waals surface area contributed by atoms with Gasteiger partial charge in [-0.1, -0.05) is 25.1 Å². The zero-order chi connectivity index (χ0) is 21.4. The molecule has 30 heavy (non-hydrogen) atoms. The summed E-state index contributed by atoms with van der Waals surface area (Å²) in [7, 11) is 3.10. The fourth-order valence-electron chi connectivity index (χ4n) is 4.23. The zero-order valence-electron chi connectivity index (χ0n) is 17.7. The van der Waals surface area contributed by atoms with E-state index in [9.17, 15) is 14.0 Å². The second-order valence-corrected chi connectivity index (χ2v) is 7.96. The molecule has 0 aromatic heterocycles. The number of amides is 3. The Morgan fingerprint density at radius 1 is 1.07 bits per heavy atom. The van der Waals surface area contributed by atoms with Gasteiger partial charge in [-0.05, 0) is 17.6 Å². The van der Waals surface area contributed by atoms with Crippen LogP contribution in [0.4, 0.5) is 9.18 Å². The predicted molar refractivity (Wildman–Crippen MR) is 111 cm³/mol. The average Bonchev–Trinajstić information content (AvgIpc) is 3.11. The van der Waals surface area contributed by atoms with Crippen LogP contribution in [0.25, 0.3) is 0 Å². The van der Waals surface area contributed by atoms with Gasteiger partial charge in [-0.2, -0.15) is 0 Å². The van der Waals surface area contributed by atoms with Crippen LogP contribution in [0.1, 0.15) is 12.5 Å². The summed E-state index contributed by atoms with van der Waals surface area (Å²) in [4.78, 5) is 37.3. The van der Waals surface area contributed by atoms with Crippen LogP contribution in [0.3, 0.4) is 0 Å². The van der Waals surface area contributed by atoms with E-state index in [0.717, 1.165) is 37.6 Å². The largest absolute Gasteiger partial charge is 0.333 e. The Hall–Kier alpha value is -2.65. The number of benzene rings is 1. The van der Waals surface area contributed by atoms with Gasteiger partial charge in [0, 0.05) is 45.8 Å². The van der Waals surface area contributed by atoms with Gasteiger partial charge >= 0.3 is 11.9 Å². The van der Waals surface area contributed by atoms with E-state index < -0.39 is 12.1 Å². The highest BCUT2D eigenvalue weighted by molar-refractivity contribution is 6.23. The summed E-state index contributed by atoms with van der Waals surface area (Å²) in [5.41, 5.74) is 0.497. The standard InChI is InChI=1S/C21H28FN6O2/c1-4-26-9-11-27(12-10-26)14-17-23-19-18(20(29)25(3)21(30)24(19)2)28(17)13-15-7-5-6-8-16(15)22/h5-8,18H,4,9-14H2,1-3H3/q+1. The van der Waals surface area contributed by atoms with Crippen molar-refractivity contribution < 1.29 is 18.6 Å². The molecule has 3 aliphatic rings. The zero-order valence-corrected chi connectivity index (χ0v) is 17.7. The number of carbonyl (C=O) groups excluding carboxylic acids is 2. The van der Waals surface area contributed by atoms with E-state index in [0.29, 0.717) is 23.8 Å². The summed E-state index contributed by atoms with van der Waals surface area (Å²) < 4.78 is 16.2. The molecule has 8 nitrogen and oxygen atoms in total. The topological polar surface area (TPSA) is 62.5 Å². The van der Waals surface area contributed by atoms with Crippen LogP contribution in [-0.4, -0.2) is 107 Å². The van der Waals surface area contributed by atoms with Crippen LogP contribution in [-0.2, 0) is 11.3 Å². The van der Waals surface area contributed by atoms with Crippen molar-refractivity contribution in [1.29, 1.82) is 0 Å². The normalized spacial score (nSPS) is 23.3. The number of amidine groups is 2. The fraction of sp³-hybridized carbons (Fsp3) is 0.524. The predicted octanol–water partition coefficient (Wildman–Crippen LogP) is 0.679. The summed E-state index contributed by atoms with van der Waals surface area (Å²) in [6.45, 7) is 7.74. The quantitative estimate of drug-likeness (QED) is 0.664. The lowest BCUT2D eigenvalue weighted by Gasteiger charge is -2.33. The summed E-state index contributed by atoms with van der Waals surface area (Å²) >= 11 is 0. The molecule has 0 spiro atoms. The average molecular weight is 415 g/mol. The number of urea groups is 1. The maximum absolute atomic E-state index is 14.4. The van der Waals surface area contributed by atoms with Gasteiger partial charge in [-0.3, -0.25) is 19.5 Å². The van der Waals surface area contributed by atoms with Gasteiger partial charge in [0.25, 0.3) is 17.8 Å². The first-order valence-corrected chi connectivity index (χ1v) is 10.3. The fourth-order valence-corrected chi connectivity index (χ4v) is 4.23. The molecule has 1 atom stereocenters. The molecule has 0 saturated carbocycles. The lowest BCUT2D eigenvalue weighted by Crippen LogP contribution is -2.61. The maximum atomic E-state index is 14.4. The Labute approximate surface area is 175 Å². The first kappa shape index (κ1) is 20.6. The monoisotopic (exact) mass is 415 g/mol. The molecular weight excluding hydrogens is 387 g/mol. The lowest BCUT2D eigenvalue weighted by atomic mass is 10.1. The minimum Gasteiger partial charge on any atom is -0.301 e. The van der Waals surface area contributed by atoms with Crippen molar-refractivity contribution >= 4 is 23.6 Å². The highest BCUT2D eigenvalue weighted by Gasteiger charge is 2.53. The highest BCUT2D eigenvalue weighted by Crippen LogP contribution is 2.22. The molecule has 0 radical (unpaired) electrons. The van der Waals surface area contributed by atoms with Gasteiger partial charge in [0.2, 0.25) is 0 Å². The number of hydrogen-bond donors (Lipinski definition) is 0. The van der Waals surface area contributed by atoms with E-state index >= 15 is 0 Å². The maximum Gasteiger partial charge on any atom is 0.333 e. The van der Waals surface area contributed by atoms with Crippen LogP contribution in [0.5, 0.6) is 0 Å². The van der Waals surface area contributed by atoms with Crippen molar-refractivity contribution in [2.45, 2.75) is 19.5 Å². The Balaban J connectivity index is 1.67. The molecule has 2 saturated heterocycles. The van der Waals surface area contributed by atoms with E-state index in [-0.39, 0.29) is 18.3 Å². The number of hydrogen-bond acceptors (Lipinski definition) is 5. The van der Waals surface area contributed by atoms with Gasteiger partial charge in [0.15, 0.2) is 0 Å². The van der Waals surface area contributed by atoms with Crippen molar-refractivity contribution in [1.82, 2.24) is 19.6 Å². The number of aliphatic imine (C=N–C) groups is 1. The van der Waals surface area contributed by atoms with Crippen molar-refractivity contribution in [3.05, 3.63) is 35.6 Å². The molecule has 3 heterocycles. The first-order valence-electron chi connectivity index (χ1n) is 10.3. The number of piperazine rings is 1. The minimum atomic E-state index is -0.718. The Bertz CT molecular complexity index is 922. The minimum absolute atomic E-state index is 0.218. The third-order valence-corrected chi connectivity index (χ3v) is 6.19. The lowest BCUT2D eigenvalue weighted by molar-refractivity contribution is -0.552. The second kappa shape index (κ2) is 8.23. The third kappa shape index (κ3) is 3.63. The molecular formula is C21H28FN6O2+. The van der Waals surface area contributed by atoms with E-state index in [1.165, 1.54) is 18.0 Å². The molecule has 1 aromatic rings. The molecule has 9 heteroatoms. The molecule has 2 fully saturated rings. The number of halogens is 1. The molecule has 0 aliphatic carbocycles. The number of rotatable bonds is 5. The van der Waals surface area contributed by atoms with Crippen LogP contribution in [0, 0.1) is 5.82 Å². The molecule has 0 N–H and O–H groups in total. The van der Waals surface area contributed by atoms with Gasteiger partial charge in [-0.15, -0.1) is 0 Å². The van der Waals surface area contributed by atoms with Crippen LogP contribution in [0.15, 0.2) is 29.3 Å². The third-order valence-electron chi connectivity index (χ3n) is 6.19. The molecule has 160 valence electrons. The van der Waals surface area contributed by atoms with Crippen molar-refractivity contribution in [2.75, 3.05) is 53.4 Å². The Morgan fingerprint density at radius 2 is 1.73 bits per heavy atom. The molecule has 1 unspecified atom stereocenters. The summed E-state index contributed by atoms with van der Waals surface area (Å²) in [6.07, 6.45) is 0. The van der Waals surface area contributed by atoms with E-state index in [1.807, 2.05) is 4.58 Å². The van der Waals surface area contributed by atoms with Gasteiger partial charge in [-0.25, -0.2) is 13.8 Å². The summed E-state index contributed by atoms with van der Waals surface area (Å²) in [5, 5.41) is 0. The van der Waals surface area contributed by atoms with Gasteiger partial charge in [0.05, 0.1) is 0 Å². The van der Waals surface area contributed by atoms with E-state index in [1.54, 1.807) is 25.2 Å². The Kier molecular flexibility index (Phi) is 5.66. The van der Waals surface area contributed by atoms with Gasteiger partial charge in [0.1, 0.15) is 18.9 Å². The number of fused-ring (bicyclic) bond motifs is 1. The van der Waals surface area contributed by atoms with Crippen molar-refractivity contribution in [3.63, 3.8) is 0 Å². The molecule has 1 aromatic carbocycles. The summed E-state index contributed by atoms with van der Waals surface area (Å²) in [6, 6.07) is 5.44. The first-order chi connectivity index (χ1) is 14.4. The molecule has 0 bridgehead atoms. The van der Waals surface area contributed by atoms with E-state index in [4.69, 9.17) is 4.99 Å². The van der Waals surface area contributed by atoms with Crippen molar-refractivity contribution in [2.24, 2.45) is 4.99 Å². The smallest absolute Gasteiger partial charge is 0.301 e. The number of carbonyl (C=O) groups is 2. The number of likely N-dealkylation sites (N-methyl/N-ethyl adjacent to an activating group) is 3. The van der Waals surface area contributed by atoms with Crippen molar-refractivity contribution in [3.8, 4) is 0 Å². The number of nitrogens with zero attached hydrogens (tertiary/aromatic N) is 6. The van der Waals surface area contributed by atoms with Crippen LogP contribution >= 0.6 is 0 Å².